The molecular weight excluding hydrogens is 278 g/mol. The fourth-order valence-electron chi connectivity index (χ4n) is 1.74. The number of methoxy groups -OCH3 is 1. The van der Waals surface area contributed by atoms with Gasteiger partial charge < -0.3 is 9.72 Å². The molecule has 2 rings (SSSR count). The first kappa shape index (κ1) is 14.5. The Hall–Kier alpha value is -1.86. The molecule has 6 nitrogen and oxygen atoms in total. The Morgan fingerprint density at radius 3 is 2.65 bits per heavy atom. The SMILES string of the molecule is COc1ccc(S(=O)(=O)NCCCc2ncc[nH]2)cc1. The van der Waals surface area contributed by atoms with Crippen LogP contribution in [0.25, 0.3) is 0 Å². The van der Waals surface area contributed by atoms with Gasteiger partial charge >= 0.3 is 0 Å². The number of aryl methyl sites for hydroxylation is 1. The van der Waals surface area contributed by atoms with Crippen LogP contribution in [0.5, 0.6) is 5.75 Å². The first-order valence-electron chi connectivity index (χ1n) is 6.24. The van der Waals surface area contributed by atoms with Gasteiger partial charge in [-0.15, -0.1) is 0 Å². The van der Waals surface area contributed by atoms with Crippen molar-refractivity contribution < 1.29 is 13.2 Å². The Morgan fingerprint density at radius 2 is 2.05 bits per heavy atom. The quantitative estimate of drug-likeness (QED) is 0.755. The molecule has 0 spiro atoms. The van der Waals surface area contributed by atoms with Gasteiger partial charge in [0.25, 0.3) is 0 Å². The second-order valence-electron chi connectivity index (χ2n) is 4.21. The minimum absolute atomic E-state index is 0.233. The van der Waals surface area contributed by atoms with E-state index < -0.39 is 10.0 Å². The lowest BCUT2D eigenvalue weighted by atomic mass is 10.3. The van der Waals surface area contributed by atoms with Crippen molar-refractivity contribution in [3.63, 3.8) is 0 Å². The Labute approximate surface area is 118 Å². The third-order valence-electron chi connectivity index (χ3n) is 2.81. The minimum atomic E-state index is -3.46. The molecule has 1 aromatic heterocycles. The van der Waals surface area contributed by atoms with Crippen LogP contribution in [0.15, 0.2) is 41.6 Å². The maximum Gasteiger partial charge on any atom is 0.240 e. The third-order valence-corrected chi connectivity index (χ3v) is 4.28. The maximum absolute atomic E-state index is 12.0. The van der Waals surface area contributed by atoms with E-state index in [-0.39, 0.29) is 4.90 Å². The van der Waals surface area contributed by atoms with Crippen molar-refractivity contribution >= 4 is 10.0 Å². The van der Waals surface area contributed by atoms with E-state index in [1.807, 2.05) is 0 Å². The van der Waals surface area contributed by atoms with Gasteiger partial charge in [0.2, 0.25) is 10.0 Å². The molecule has 108 valence electrons. The molecule has 0 amide bonds. The summed E-state index contributed by atoms with van der Waals surface area (Å²) in [6, 6.07) is 6.29. The topological polar surface area (TPSA) is 84.1 Å². The monoisotopic (exact) mass is 295 g/mol. The maximum atomic E-state index is 12.0. The highest BCUT2D eigenvalue weighted by molar-refractivity contribution is 7.89. The predicted octanol–water partition coefficient (Wildman–Crippen LogP) is 1.33. The number of rotatable bonds is 7. The summed E-state index contributed by atoms with van der Waals surface area (Å²) in [4.78, 5) is 7.29. The number of nitrogens with one attached hydrogen (secondary N) is 2. The van der Waals surface area contributed by atoms with Gasteiger partial charge in [-0.2, -0.15) is 0 Å². The molecule has 7 heteroatoms. The number of benzene rings is 1. The van der Waals surface area contributed by atoms with Crippen LogP contribution in [0.4, 0.5) is 0 Å². The average Bonchev–Trinajstić information content (AvgIpc) is 2.97. The number of hydrogen-bond acceptors (Lipinski definition) is 4. The van der Waals surface area contributed by atoms with Gasteiger partial charge in [0.15, 0.2) is 0 Å². The van der Waals surface area contributed by atoms with E-state index >= 15 is 0 Å². The van der Waals surface area contributed by atoms with Crippen molar-refractivity contribution in [2.24, 2.45) is 0 Å². The van der Waals surface area contributed by atoms with Crippen molar-refractivity contribution in [1.29, 1.82) is 0 Å². The minimum Gasteiger partial charge on any atom is -0.497 e. The zero-order valence-corrected chi connectivity index (χ0v) is 12.0. The normalized spacial score (nSPS) is 11.4. The molecular formula is C13H17N3O3S. The highest BCUT2D eigenvalue weighted by Crippen LogP contribution is 2.15. The molecule has 1 aromatic carbocycles. The molecule has 2 aromatic rings. The number of aromatic amines is 1. The van der Waals surface area contributed by atoms with E-state index in [4.69, 9.17) is 4.74 Å². The van der Waals surface area contributed by atoms with Crippen LogP contribution in [0.2, 0.25) is 0 Å². The van der Waals surface area contributed by atoms with E-state index in [1.165, 1.54) is 19.2 Å². The van der Waals surface area contributed by atoms with Crippen LogP contribution in [0.1, 0.15) is 12.2 Å². The molecule has 0 aliphatic rings. The summed E-state index contributed by atoms with van der Waals surface area (Å²) in [7, 11) is -1.92. The summed E-state index contributed by atoms with van der Waals surface area (Å²) in [6.07, 6.45) is 4.81. The molecule has 0 unspecified atom stereocenters. The van der Waals surface area contributed by atoms with Crippen LogP contribution >= 0.6 is 0 Å². The summed E-state index contributed by atoms with van der Waals surface area (Å²) in [5, 5.41) is 0. The molecule has 0 radical (unpaired) electrons. The number of aromatic nitrogens is 2. The highest BCUT2D eigenvalue weighted by atomic mass is 32.2. The molecule has 0 aliphatic heterocycles. The van der Waals surface area contributed by atoms with Crippen LogP contribution in [-0.4, -0.2) is 32.0 Å². The Balaban J connectivity index is 1.86. The number of H-pyrrole nitrogens is 1. The molecule has 20 heavy (non-hydrogen) atoms. The van der Waals surface area contributed by atoms with Crippen molar-refractivity contribution in [3.8, 4) is 5.75 Å². The molecule has 0 atom stereocenters. The van der Waals surface area contributed by atoms with Gasteiger partial charge in [0.1, 0.15) is 11.6 Å². The summed E-state index contributed by atoms with van der Waals surface area (Å²) in [5.41, 5.74) is 0. The van der Waals surface area contributed by atoms with Crippen LogP contribution in [0, 0.1) is 0 Å². The van der Waals surface area contributed by atoms with Crippen molar-refractivity contribution in [1.82, 2.24) is 14.7 Å². The number of nitrogens with zero attached hydrogens (tertiary/aromatic N) is 1. The third kappa shape index (κ3) is 3.82. The number of imidazole rings is 1. The molecule has 0 fully saturated rings. The van der Waals surface area contributed by atoms with E-state index in [0.717, 1.165) is 5.82 Å². The fourth-order valence-corrected chi connectivity index (χ4v) is 2.81. The van der Waals surface area contributed by atoms with Crippen molar-refractivity contribution in [2.45, 2.75) is 17.7 Å². The van der Waals surface area contributed by atoms with Crippen LogP contribution in [0.3, 0.4) is 0 Å². The fraction of sp³-hybridized carbons (Fsp3) is 0.308. The Kier molecular flexibility index (Phi) is 4.75. The van der Waals surface area contributed by atoms with Gasteiger partial charge in [-0.05, 0) is 30.7 Å². The lowest BCUT2D eigenvalue weighted by Gasteiger charge is -2.07. The lowest BCUT2D eigenvalue weighted by molar-refractivity contribution is 0.414. The molecule has 0 saturated heterocycles. The van der Waals surface area contributed by atoms with Gasteiger partial charge in [0, 0.05) is 25.4 Å². The van der Waals surface area contributed by atoms with Gasteiger partial charge in [0.05, 0.1) is 12.0 Å². The number of ether oxygens (including phenoxy) is 1. The van der Waals surface area contributed by atoms with E-state index in [0.29, 0.717) is 25.1 Å². The zero-order chi connectivity index (χ0) is 14.4. The Morgan fingerprint density at radius 1 is 1.30 bits per heavy atom. The van der Waals surface area contributed by atoms with Gasteiger partial charge in [-0.1, -0.05) is 0 Å². The first-order chi connectivity index (χ1) is 9.62. The number of sulfonamides is 1. The summed E-state index contributed by atoms with van der Waals surface area (Å²) >= 11 is 0. The van der Waals surface area contributed by atoms with Crippen LogP contribution in [-0.2, 0) is 16.4 Å². The average molecular weight is 295 g/mol. The van der Waals surface area contributed by atoms with E-state index in [1.54, 1.807) is 24.5 Å². The molecule has 2 N–H and O–H groups in total. The highest BCUT2D eigenvalue weighted by Gasteiger charge is 2.13. The van der Waals surface area contributed by atoms with Crippen molar-refractivity contribution in [2.75, 3.05) is 13.7 Å². The number of hydrogen-bond donors (Lipinski definition) is 2. The standard InChI is InChI=1S/C13H17N3O3S/c1-19-11-4-6-12(7-5-11)20(17,18)16-8-2-3-13-14-9-10-15-13/h4-7,9-10,16H,2-3,8H2,1H3,(H,14,15). The summed E-state index contributed by atoms with van der Waals surface area (Å²) in [6.45, 7) is 0.370. The second kappa shape index (κ2) is 6.53. The predicted molar refractivity (Wildman–Crippen MR) is 75.1 cm³/mol. The molecule has 0 aliphatic carbocycles. The smallest absolute Gasteiger partial charge is 0.240 e. The van der Waals surface area contributed by atoms with Crippen LogP contribution < -0.4 is 9.46 Å². The zero-order valence-electron chi connectivity index (χ0n) is 11.2. The largest absolute Gasteiger partial charge is 0.497 e. The molecule has 0 saturated carbocycles. The summed E-state index contributed by atoms with van der Waals surface area (Å²) < 4.78 is 31.6. The second-order valence-corrected chi connectivity index (χ2v) is 5.98. The molecule has 1 heterocycles. The molecule has 0 bridgehead atoms. The van der Waals surface area contributed by atoms with Crippen molar-refractivity contribution in [3.05, 3.63) is 42.5 Å². The van der Waals surface area contributed by atoms with Gasteiger partial charge in [-0.25, -0.2) is 18.1 Å². The summed E-state index contributed by atoms with van der Waals surface area (Å²) in [5.74, 6) is 1.48. The van der Waals surface area contributed by atoms with Gasteiger partial charge in [-0.3, -0.25) is 0 Å². The first-order valence-corrected chi connectivity index (χ1v) is 7.72. The van der Waals surface area contributed by atoms with E-state index in [2.05, 4.69) is 14.7 Å². The lowest BCUT2D eigenvalue weighted by Crippen LogP contribution is -2.25. The van der Waals surface area contributed by atoms with E-state index in [9.17, 15) is 8.42 Å². The Bertz CT molecular complexity index is 621.